The van der Waals surface area contributed by atoms with Gasteiger partial charge in [-0.2, -0.15) is 13.2 Å². The molecule has 0 aliphatic carbocycles. The third kappa shape index (κ3) is 4.13. The van der Waals surface area contributed by atoms with Crippen LogP contribution in [0.25, 0.3) is 0 Å². The van der Waals surface area contributed by atoms with Crippen LogP contribution in [0, 0.1) is 0 Å². The normalized spacial score (nSPS) is 15.0. The Hall–Kier alpha value is -2.41. The van der Waals surface area contributed by atoms with Gasteiger partial charge in [-0.1, -0.05) is 23.7 Å². The van der Waals surface area contributed by atoms with E-state index in [1.165, 1.54) is 19.2 Å². The highest BCUT2D eigenvalue weighted by atomic mass is 35.5. The highest BCUT2D eigenvalue weighted by molar-refractivity contribution is 6.30. The predicted molar refractivity (Wildman–Crippen MR) is 97.6 cm³/mol. The summed E-state index contributed by atoms with van der Waals surface area (Å²) in [5.74, 6) is 0.279. The molecule has 4 nitrogen and oxygen atoms in total. The maximum atomic E-state index is 13.3. The highest BCUT2D eigenvalue weighted by Crippen LogP contribution is 2.38. The van der Waals surface area contributed by atoms with Crippen LogP contribution in [0.1, 0.15) is 15.9 Å². The summed E-state index contributed by atoms with van der Waals surface area (Å²) in [5.41, 5.74) is -0.244. The summed E-state index contributed by atoms with van der Waals surface area (Å²) in [6, 6.07) is 10.6. The molecule has 1 saturated heterocycles. The Morgan fingerprint density at radius 1 is 1.07 bits per heavy atom. The average molecular weight is 399 g/mol. The molecule has 144 valence electrons. The van der Waals surface area contributed by atoms with E-state index in [1.54, 1.807) is 34.1 Å². The van der Waals surface area contributed by atoms with Crippen molar-refractivity contribution in [3.8, 4) is 5.75 Å². The van der Waals surface area contributed by atoms with Gasteiger partial charge >= 0.3 is 6.18 Å². The first-order valence-corrected chi connectivity index (χ1v) is 8.73. The number of rotatable bonds is 3. The molecular formula is C19H18ClF3N2O2. The van der Waals surface area contributed by atoms with Crippen LogP contribution in [0.2, 0.25) is 5.02 Å². The Labute approximate surface area is 160 Å². The van der Waals surface area contributed by atoms with Crippen molar-refractivity contribution in [1.82, 2.24) is 4.90 Å². The monoisotopic (exact) mass is 398 g/mol. The smallest absolute Gasteiger partial charge is 0.418 e. The molecule has 2 aromatic carbocycles. The fraction of sp³-hybridized carbons (Fsp3) is 0.316. The molecule has 8 heteroatoms. The molecule has 0 saturated carbocycles. The Morgan fingerprint density at radius 3 is 2.37 bits per heavy atom. The minimum atomic E-state index is -4.50. The number of nitrogens with zero attached hydrogens (tertiary/aromatic N) is 2. The van der Waals surface area contributed by atoms with Crippen molar-refractivity contribution in [2.75, 3.05) is 38.2 Å². The van der Waals surface area contributed by atoms with E-state index in [9.17, 15) is 18.0 Å². The quantitative estimate of drug-likeness (QED) is 0.771. The van der Waals surface area contributed by atoms with Crippen LogP contribution in [0.4, 0.5) is 18.9 Å². The number of benzene rings is 2. The summed E-state index contributed by atoms with van der Waals surface area (Å²) in [6.07, 6.45) is -4.50. The number of hydrogen-bond acceptors (Lipinski definition) is 3. The fourth-order valence-corrected chi connectivity index (χ4v) is 3.33. The van der Waals surface area contributed by atoms with Gasteiger partial charge in [0.1, 0.15) is 5.75 Å². The summed E-state index contributed by atoms with van der Waals surface area (Å²) < 4.78 is 45.2. The van der Waals surface area contributed by atoms with E-state index in [-0.39, 0.29) is 16.6 Å². The highest BCUT2D eigenvalue weighted by Gasteiger charge is 2.36. The minimum absolute atomic E-state index is 0.0380. The van der Waals surface area contributed by atoms with Gasteiger partial charge in [0, 0.05) is 36.9 Å². The van der Waals surface area contributed by atoms with Crippen LogP contribution >= 0.6 is 11.6 Å². The first kappa shape index (κ1) is 19.4. The third-order valence-electron chi connectivity index (χ3n) is 4.51. The average Bonchev–Trinajstić information content (AvgIpc) is 2.67. The van der Waals surface area contributed by atoms with E-state index in [0.717, 1.165) is 6.07 Å². The number of halogens is 4. The van der Waals surface area contributed by atoms with Gasteiger partial charge in [0.15, 0.2) is 0 Å². The van der Waals surface area contributed by atoms with Crippen LogP contribution < -0.4 is 9.64 Å². The standard InChI is InChI=1S/C19H18ClF3N2O2/c1-27-17-5-3-2-4-14(17)18(26)25-10-8-24(9-11-25)16-7-6-13(20)12-15(16)19(21,22)23/h2-7,12H,8-11H2,1H3. The summed E-state index contributed by atoms with van der Waals surface area (Å²) >= 11 is 5.74. The first-order chi connectivity index (χ1) is 12.8. The maximum absolute atomic E-state index is 13.3. The fourth-order valence-electron chi connectivity index (χ4n) is 3.15. The minimum Gasteiger partial charge on any atom is -0.496 e. The number of ether oxygens (including phenoxy) is 1. The van der Waals surface area contributed by atoms with Crippen molar-refractivity contribution in [1.29, 1.82) is 0 Å². The number of methoxy groups -OCH3 is 1. The molecule has 0 unspecified atom stereocenters. The van der Waals surface area contributed by atoms with Crippen molar-refractivity contribution in [2.24, 2.45) is 0 Å². The largest absolute Gasteiger partial charge is 0.496 e. The van der Waals surface area contributed by atoms with Gasteiger partial charge in [-0.15, -0.1) is 0 Å². The lowest BCUT2D eigenvalue weighted by atomic mass is 10.1. The van der Waals surface area contributed by atoms with Gasteiger partial charge in [0.2, 0.25) is 0 Å². The molecule has 1 aliphatic heterocycles. The van der Waals surface area contributed by atoms with E-state index < -0.39 is 11.7 Å². The molecule has 1 aliphatic rings. The zero-order valence-corrected chi connectivity index (χ0v) is 15.3. The molecular weight excluding hydrogens is 381 g/mol. The number of carbonyl (C=O) groups is 1. The number of piperazine rings is 1. The molecule has 0 aromatic heterocycles. The number of alkyl halides is 3. The lowest BCUT2D eigenvalue weighted by molar-refractivity contribution is -0.137. The summed E-state index contributed by atoms with van der Waals surface area (Å²) in [4.78, 5) is 16.0. The van der Waals surface area contributed by atoms with Gasteiger partial charge < -0.3 is 14.5 Å². The molecule has 27 heavy (non-hydrogen) atoms. The van der Waals surface area contributed by atoms with Crippen molar-refractivity contribution in [3.63, 3.8) is 0 Å². The molecule has 0 spiro atoms. The molecule has 0 bridgehead atoms. The maximum Gasteiger partial charge on any atom is 0.418 e. The number of carbonyl (C=O) groups excluding carboxylic acids is 1. The van der Waals surface area contributed by atoms with Gasteiger partial charge in [0.25, 0.3) is 5.91 Å². The van der Waals surface area contributed by atoms with Crippen LogP contribution in [-0.2, 0) is 6.18 Å². The van der Waals surface area contributed by atoms with Crippen molar-refractivity contribution >= 4 is 23.2 Å². The Kier molecular flexibility index (Phi) is 5.51. The van der Waals surface area contributed by atoms with E-state index in [2.05, 4.69) is 0 Å². The van der Waals surface area contributed by atoms with Crippen LogP contribution in [0.15, 0.2) is 42.5 Å². The Balaban J connectivity index is 1.76. The number of hydrogen-bond donors (Lipinski definition) is 0. The van der Waals surface area contributed by atoms with Crippen LogP contribution in [-0.4, -0.2) is 44.1 Å². The Morgan fingerprint density at radius 2 is 1.74 bits per heavy atom. The predicted octanol–water partition coefficient (Wildman–Crippen LogP) is 4.33. The lowest BCUT2D eigenvalue weighted by Gasteiger charge is -2.37. The van der Waals surface area contributed by atoms with Gasteiger partial charge in [-0.05, 0) is 30.3 Å². The van der Waals surface area contributed by atoms with Gasteiger partial charge in [-0.25, -0.2) is 0 Å². The zero-order valence-electron chi connectivity index (χ0n) is 14.6. The van der Waals surface area contributed by atoms with Crippen molar-refractivity contribution in [2.45, 2.75) is 6.18 Å². The molecule has 1 heterocycles. The molecule has 0 N–H and O–H groups in total. The lowest BCUT2D eigenvalue weighted by Crippen LogP contribution is -2.49. The molecule has 0 atom stereocenters. The van der Waals surface area contributed by atoms with Gasteiger partial charge in [0.05, 0.1) is 18.2 Å². The van der Waals surface area contributed by atoms with Crippen molar-refractivity contribution in [3.05, 3.63) is 58.6 Å². The van der Waals surface area contributed by atoms with Crippen LogP contribution in [0.5, 0.6) is 5.75 Å². The van der Waals surface area contributed by atoms with E-state index >= 15 is 0 Å². The molecule has 2 aromatic rings. The summed E-state index contributed by atoms with van der Waals surface area (Å²) in [7, 11) is 1.49. The van der Waals surface area contributed by atoms with E-state index in [0.29, 0.717) is 37.5 Å². The number of anilines is 1. The molecule has 3 rings (SSSR count). The van der Waals surface area contributed by atoms with Crippen LogP contribution in [0.3, 0.4) is 0 Å². The summed E-state index contributed by atoms with van der Waals surface area (Å²) in [6.45, 7) is 1.23. The second kappa shape index (κ2) is 7.68. The SMILES string of the molecule is COc1ccccc1C(=O)N1CCN(c2ccc(Cl)cc2C(F)(F)F)CC1. The van der Waals surface area contributed by atoms with Gasteiger partial charge in [-0.3, -0.25) is 4.79 Å². The third-order valence-corrected chi connectivity index (χ3v) is 4.74. The van der Waals surface area contributed by atoms with E-state index in [1.807, 2.05) is 0 Å². The second-order valence-electron chi connectivity index (χ2n) is 6.14. The molecule has 1 fully saturated rings. The number of amides is 1. The first-order valence-electron chi connectivity index (χ1n) is 8.35. The molecule has 0 radical (unpaired) electrons. The topological polar surface area (TPSA) is 32.8 Å². The second-order valence-corrected chi connectivity index (χ2v) is 6.58. The zero-order chi connectivity index (χ0) is 19.6. The Bertz CT molecular complexity index is 834. The van der Waals surface area contributed by atoms with Crippen molar-refractivity contribution < 1.29 is 22.7 Å². The molecule has 1 amide bonds. The van der Waals surface area contributed by atoms with E-state index in [4.69, 9.17) is 16.3 Å². The number of para-hydroxylation sites is 1. The summed E-state index contributed by atoms with van der Waals surface area (Å²) in [5, 5.41) is 0.0380.